The number of halogens is 4. The van der Waals surface area contributed by atoms with Gasteiger partial charge in [-0.15, -0.1) is 0 Å². The first-order chi connectivity index (χ1) is 10.2. The molecule has 1 unspecified atom stereocenters. The Labute approximate surface area is 121 Å². The summed E-state index contributed by atoms with van der Waals surface area (Å²) in [5.41, 5.74) is -1.37. The summed E-state index contributed by atoms with van der Waals surface area (Å²) in [4.78, 5) is 26.0. The van der Waals surface area contributed by atoms with Crippen LogP contribution in [0.15, 0.2) is 30.7 Å². The van der Waals surface area contributed by atoms with Crippen LogP contribution in [0.25, 0.3) is 5.82 Å². The van der Waals surface area contributed by atoms with E-state index in [9.17, 15) is 27.2 Å². The number of Topliss-reactive ketones (excluding diaryl/α,β-unsaturated/α-hetero) is 2. The number of hydrogen-bond donors (Lipinski definition) is 0. The zero-order valence-corrected chi connectivity index (χ0v) is 11.1. The fourth-order valence-corrected chi connectivity index (χ4v) is 1.70. The van der Waals surface area contributed by atoms with Crippen molar-refractivity contribution in [2.45, 2.75) is 19.3 Å². The Morgan fingerprint density at radius 2 is 2.00 bits per heavy atom. The zero-order valence-electron chi connectivity index (χ0n) is 11.1. The molecule has 0 amide bonds. The monoisotopic (exact) mass is 315 g/mol. The normalized spacial score (nSPS) is 13.0. The van der Waals surface area contributed by atoms with E-state index < -0.39 is 35.3 Å². The number of rotatable bonds is 4. The van der Waals surface area contributed by atoms with E-state index >= 15 is 0 Å². The average molecular weight is 315 g/mol. The topological polar surface area (TPSA) is 64.8 Å². The molecule has 0 aliphatic rings. The molecular formula is C13H9F4N3O2. The number of carbonyl (C=O) groups excluding carboxylic acids is 2. The van der Waals surface area contributed by atoms with Gasteiger partial charge in [0.05, 0.1) is 11.8 Å². The van der Waals surface area contributed by atoms with Crippen LogP contribution in [0.3, 0.4) is 0 Å². The molecule has 0 bridgehead atoms. The van der Waals surface area contributed by atoms with Crippen molar-refractivity contribution < 1.29 is 27.2 Å². The van der Waals surface area contributed by atoms with Crippen LogP contribution in [0.1, 0.15) is 22.8 Å². The summed E-state index contributed by atoms with van der Waals surface area (Å²) in [5.74, 6) is -2.71. The van der Waals surface area contributed by atoms with Gasteiger partial charge in [-0.05, 0) is 19.1 Å². The molecule has 9 heteroatoms. The quantitative estimate of drug-likeness (QED) is 0.494. The molecule has 22 heavy (non-hydrogen) atoms. The number of alkyl halides is 4. The van der Waals surface area contributed by atoms with Crippen LogP contribution in [0, 0.1) is 0 Å². The van der Waals surface area contributed by atoms with Gasteiger partial charge in [-0.2, -0.15) is 18.3 Å². The highest BCUT2D eigenvalue weighted by atomic mass is 19.4. The Hall–Kier alpha value is -2.58. The van der Waals surface area contributed by atoms with Crippen molar-refractivity contribution in [2.24, 2.45) is 0 Å². The van der Waals surface area contributed by atoms with Crippen LogP contribution >= 0.6 is 0 Å². The molecule has 0 radical (unpaired) electrons. The zero-order chi connectivity index (χ0) is 16.5. The lowest BCUT2D eigenvalue weighted by atomic mass is 10.1. The molecule has 0 saturated heterocycles. The number of nitrogens with zero attached hydrogens (tertiary/aromatic N) is 3. The van der Waals surface area contributed by atoms with Crippen LogP contribution in [0.2, 0.25) is 0 Å². The third kappa shape index (κ3) is 3.02. The van der Waals surface area contributed by atoms with Gasteiger partial charge in [-0.25, -0.2) is 14.1 Å². The van der Waals surface area contributed by atoms with Crippen molar-refractivity contribution in [3.63, 3.8) is 0 Å². The molecule has 0 N–H and O–H groups in total. The van der Waals surface area contributed by atoms with Gasteiger partial charge >= 0.3 is 6.18 Å². The molecule has 0 aliphatic carbocycles. The summed E-state index contributed by atoms with van der Waals surface area (Å²) >= 11 is 0. The van der Waals surface area contributed by atoms with Gasteiger partial charge in [0.15, 0.2) is 11.6 Å². The van der Waals surface area contributed by atoms with Gasteiger partial charge in [0, 0.05) is 12.4 Å². The van der Waals surface area contributed by atoms with Crippen LogP contribution in [-0.4, -0.2) is 32.5 Å². The molecule has 2 rings (SSSR count). The van der Waals surface area contributed by atoms with E-state index in [1.807, 2.05) is 0 Å². The molecule has 0 aromatic carbocycles. The molecule has 0 aliphatic heterocycles. The van der Waals surface area contributed by atoms with E-state index in [1.165, 1.54) is 0 Å². The summed E-state index contributed by atoms with van der Waals surface area (Å²) in [7, 11) is 0. The van der Waals surface area contributed by atoms with Crippen LogP contribution in [0.5, 0.6) is 0 Å². The first-order valence-corrected chi connectivity index (χ1v) is 5.98. The number of pyridine rings is 1. The average Bonchev–Trinajstić information content (AvgIpc) is 2.94. The lowest BCUT2D eigenvalue weighted by Gasteiger charge is -2.10. The van der Waals surface area contributed by atoms with Crippen molar-refractivity contribution in [2.75, 3.05) is 0 Å². The van der Waals surface area contributed by atoms with Gasteiger partial charge in [0.2, 0.25) is 12.0 Å². The molecule has 0 spiro atoms. The van der Waals surface area contributed by atoms with Gasteiger partial charge in [-0.1, -0.05) is 0 Å². The second-order valence-corrected chi connectivity index (χ2v) is 4.38. The summed E-state index contributed by atoms with van der Waals surface area (Å²) in [6, 6.07) is 1.91. The Morgan fingerprint density at radius 3 is 2.59 bits per heavy atom. The van der Waals surface area contributed by atoms with Gasteiger partial charge in [0.1, 0.15) is 5.56 Å². The molecule has 0 saturated carbocycles. The maximum Gasteiger partial charge on any atom is 0.420 e. The molecule has 5 nitrogen and oxygen atoms in total. The van der Waals surface area contributed by atoms with E-state index in [4.69, 9.17) is 0 Å². The predicted octanol–water partition coefficient (Wildman–Crippen LogP) is 2.40. The lowest BCUT2D eigenvalue weighted by molar-refractivity contribution is -0.137. The smallest absolute Gasteiger partial charge is 0.296 e. The highest BCUT2D eigenvalue weighted by molar-refractivity contribution is 6.12. The fraction of sp³-hybridized carbons (Fsp3) is 0.231. The largest absolute Gasteiger partial charge is 0.420 e. The molecule has 116 valence electrons. The van der Waals surface area contributed by atoms with E-state index in [2.05, 4.69) is 10.1 Å². The third-order valence-corrected chi connectivity index (χ3v) is 2.76. The minimum Gasteiger partial charge on any atom is -0.296 e. The second-order valence-electron chi connectivity index (χ2n) is 4.38. The highest BCUT2D eigenvalue weighted by Crippen LogP contribution is 2.32. The van der Waals surface area contributed by atoms with E-state index in [-0.39, 0.29) is 5.56 Å². The van der Waals surface area contributed by atoms with Gasteiger partial charge in [-0.3, -0.25) is 9.59 Å². The second kappa shape index (κ2) is 5.66. The molecule has 2 aromatic rings. The number of carbonyl (C=O) groups is 2. The van der Waals surface area contributed by atoms with Crippen LogP contribution in [-0.2, 0) is 11.0 Å². The minimum atomic E-state index is -4.66. The van der Waals surface area contributed by atoms with E-state index in [0.29, 0.717) is 4.68 Å². The Balaban J connectivity index is 2.42. The minimum absolute atomic E-state index is 0.318. The summed E-state index contributed by atoms with van der Waals surface area (Å²) in [6.07, 6.45) is -4.13. The van der Waals surface area contributed by atoms with Crippen LogP contribution in [0.4, 0.5) is 17.6 Å². The first-order valence-electron chi connectivity index (χ1n) is 5.98. The standard InChI is InChI=1S/C13H9F4N3O2/c1-7(21)10(14)11(22)8-5-19-20(6-8)12-9(13(15,16)17)3-2-4-18-12/h2-6,10H,1H3. The highest BCUT2D eigenvalue weighted by Gasteiger charge is 2.35. The summed E-state index contributed by atoms with van der Waals surface area (Å²) in [6.45, 7) is 0.896. The van der Waals surface area contributed by atoms with Crippen molar-refractivity contribution >= 4 is 11.6 Å². The number of ketones is 2. The molecule has 2 aromatic heterocycles. The first kappa shape index (κ1) is 15.8. The van der Waals surface area contributed by atoms with E-state index in [1.54, 1.807) is 0 Å². The Morgan fingerprint density at radius 1 is 1.32 bits per heavy atom. The molecular weight excluding hydrogens is 306 g/mol. The molecule has 2 heterocycles. The van der Waals surface area contributed by atoms with Crippen molar-refractivity contribution in [1.29, 1.82) is 0 Å². The molecule has 1 atom stereocenters. The third-order valence-electron chi connectivity index (χ3n) is 2.76. The maximum absolute atomic E-state index is 13.4. The lowest BCUT2D eigenvalue weighted by Crippen LogP contribution is -2.23. The maximum atomic E-state index is 13.4. The van der Waals surface area contributed by atoms with Gasteiger partial charge < -0.3 is 0 Å². The summed E-state index contributed by atoms with van der Waals surface area (Å²) < 4.78 is 52.7. The number of hydrogen-bond acceptors (Lipinski definition) is 4. The van der Waals surface area contributed by atoms with Gasteiger partial charge in [0.25, 0.3) is 0 Å². The van der Waals surface area contributed by atoms with Crippen molar-refractivity contribution in [3.8, 4) is 5.82 Å². The van der Waals surface area contributed by atoms with Crippen molar-refractivity contribution in [3.05, 3.63) is 41.9 Å². The number of aromatic nitrogens is 3. The fourth-order valence-electron chi connectivity index (χ4n) is 1.70. The Bertz CT molecular complexity index is 724. The molecule has 0 fully saturated rings. The Kier molecular flexibility index (Phi) is 4.07. The SMILES string of the molecule is CC(=O)C(F)C(=O)c1cnn(-c2ncccc2C(F)(F)F)c1. The summed E-state index contributed by atoms with van der Waals surface area (Å²) in [5, 5.41) is 3.58. The van der Waals surface area contributed by atoms with Crippen LogP contribution < -0.4 is 0 Å². The van der Waals surface area contributed by atoms with Crippen molar-refractivity contribution in [1.82, 2.24) is 14.8 Å². The predicted molar refractivity (Wildman–Crippen MR) is 66.3 cm³/mol. The van der Waals surface area contributed by atoms with E-state index in [0.717, 1.165) is 37.6 Å².